The van der Waals surface area contributed by atoms with E-state index in [0.29, 0.717) is 12.8 Å². The number of fused-ring (bicyclic) bond motifs is 1. The van der Waals surface area contributed by atoms with Gasteiger partial charge in [0.1, 0.15) is 5.75 Å². The maximum absolute atomic E-state index is 12.4. The number of hydrogen-bond donors (Lipinski definition) is 1. The number of nitrogens with zero attached hydrogens (tertiary/aromatic N) is 3. The number of thiazole rings is 1. The normalized spacial score (nSPS) is 14.2. The van der Waals surface area contributed by atoms with Crippen molar-refractivity contribution in [3.05, 3.63) is 76.6 Å². The van der Waals surface area contributed by atoms with Crippen molar-refractivity contribution in [2.24, 2.45) is 0 Å². The Hall–Kier alpha value is -3.03. The number of carbonyl (C=O) groups is 1. The van der Waals surface area contributed by atoms with Gasteiger partial charge in [-0.15, -0.1) is 11.3 Å². The number of nitrogens with one attached hydrogen (secondary N) is 1. The summed E-state index contributed by atoms with van der Waals surface area (Å²) in [6.45, 7) is 2.86. The number of benzene rings is 1. The van der Waals surface area contributed by atoms with E-state index in [4.69, 9.17) is 9.72 Å². The molecule has 2 aromatic heterocycles. The average molecular weight is 449 g/mol. The van der Waals surface area contributed by atoms with Gasteiger partial charge in [0.05, 0.1) is 18.5 Å². The van der Waals surface area contributed by atoms with Gasteiger partial charge in [-0.05, 0) is 48.7 Å². The van der Waals surface area contributed by atoms with Gasteiger partial charge in [0.15, 0.2) is 5.13 Å². The van der Waals surface area contributed by atoms with E-state index in [-0.39, 0.29) is 5.91 Å². The van der Waals surface area contributed by atoms with Crippen molar-refractivity contribution >= 4 is 28.5 Å². The number of pyridine rings is 1. The molecule has 7 heteroatoms. The monoisotopic (exact) mass is 448 g/mol. The number of carbonyl (C=O) groups excluding carboxylic acids is 1. The highest BCUT2D eigenvalue weighted by molar-refractivity contribution is 7.15. The van der Waals surface area contributed by atoms with Gasteiger partial charge >= 0.3 is 0 Å². The van der Waals surface area contributed by atoms with Gasteiger partial charge in [0.2, 0.25) is 5.91 Å². The first kappa shape index (κ1) is 22.2. The van der Waals surface area contributed by atoms with E-state index in [9.17, 15) is 4.79 Å². The number of ether oxygens (including phenoxy) is 1. The molecule has 4 rings (SSSR count). The van der Waals surface area contributed by atoms with Gasteiger partial charge in [-0.3, -0.25) is 14.7 Å². The number of aromatic nitrogens is 2. The van der Waals surface area contributed by atoms with E-state index < -0.39 is 0 Å². The maximum Gasteiger partial charge on any atom is 0.226 e. The molecule has 1 N–H and O–H groups in total. The standard InChI is InChI=1S/C25H28N4O2S/c1-31-21-10-7-19(8-11-21)9-12-24(30)28-25-27-22-13-17-29(18-14-23(22)32-25)16-4-6-20-5-2-3-15-26-20/h2-8,10-11,15H,9,12-14,16-18H2,1H3,(H,27,28,30). The van der Waals surface area contributed by atoms with Crippen LogP contribution in [0.5, 0.6) is 5.75 Å². The highest BCUT2D eigenvalue weighted by atomic mass is 32.1. The van der Waals surface area contributed by atoms with E-state index in [1.807, 2.05) is 48.7 Å². The first-order valence-electron chi connectivity index (χ1n) is 10.9. The molecule has 0 bridgehead atoms. The predicted octanol–water partition coefficient (Wildman–Crippen LogP) is 4.23. The molecule has 166 valence electrons. The molecule has 0 spiro atoms. The predicted molar refractivity (Wildman–Crippen MR) is 129 cm³/mol. The minimum Gasteiger partial charge on any atom is -0.497 e. The molecule has 0 saturated carbocycles. The minimum absolute atomic E-state index is 0.00557. The topological polar surface area (TPSA) is 67.3 Å². The Morgan fingerprint density at radius 2 is 2.03 bits per heavy atom. The third-order valence-corrected chi connectivity index (χ3v) is 6.56. The lowest BCUT2D eigenvalue weighted by Crippen LogP contribution is -2.26. The Labute approximate surface area is 193 Å². The molecule has 1 aromatic carbocycles. The lowest BCUT2D eigenvalue weighted by Gasteiger charge is -2.17. The van der Waals surface area contributed by atoms with Gasteiger partial charge < -0.3 is 10.1 Å². The van der Waals surface area contributed by atoms with Crippen LogP contribution in [0.25, 0.3) is 6.08 Å². The molecule has 1 aliphatic heterocycles. The molecule has 3 aromatic rings. The summed E-state index contributed by atoms with van der Waals surface area (Å²) < 4.78 is 5.17. The summed E-state index contributed by atoms with van der Waals surface area (Å²) in [5.74, 6) is 0.830. The van der Waals surface area contributed by atoms with Crippen molar-refractivity contribution < 1.29 is 9.53 Å². The Kier molecular flexibility index (Phi) is 7.64. The van der Waals surface area contributed by atoms with Crippen LogP contribution in [0.4, 0.5) is 5.13 Å². The van der Waals surface area contributed by atoms with E-state index in [0.717, 1.165) is 60.3 Å². The minimum atomic E-state index is 0.00557. The number of anilines is 1. The van der Waals surface area contributed by atoms with Crippen LogP contribution in [-0.2, 0) is 24.1 Å². The molecular formula is C25H28N4O2S. The van der Waals surface area contributed by atoms with Crippen LogP contribution in [0.1, 0.15) is 28.2 Å². The quantitative estimate of drug-likeness (QED) is 0.559. The number of amides is 1. The lowest BCUT2D eigenvalue weighted by molar-refractivity contribution is -0.116. The molecule has 0 unspecified atom stereocenters. The molecule has 0 radical (unpaired) electrons. The first-order valence-corrected chi connectivity index (χ1v) is 11.7. The summed E-state index contributed by atoms with van der Waals surface area (Å²) >= 11 is 1.61. The second-order valence-electron chi connectivity index (χ2n) is 7.74. The zero-order valence-corrected chi connectivity index (χ0v) is 19.1. The van der Waals surface area contributed by atoms with Gasteiger partial charge in [0.25, 0.3) is 0 Å². The summed E-state index contributed by atoms with van der Waals surface area (Å²) in [4.78, 5) is 25.1. The molecule has 1 amide bonds. The van der Waals surface area contributed by atoms with Crippen molar-refractivity contribution in [3.8, 4) is 5.75 Å². The smallest absolute Gasteiger partial charge is 0.226 e. The van der Waals surface area contributed by atoms with Gasteiger partial charge in [-0.2, -0.15) is 0 Å². The highest BCUT2D eigenvalue weighted by Gasteiger charge is 2.18. The maximum atomic E-state index is 12.4. The molecule has 1 aliphatic rings. The number of rotatable bonds is 8. The van der Waals surface area contributed by atoms with E-state index in [1.54, 1.807) is 18.4 Å². The van der Waals surface area contributed by atoms with Crippen molar-refractivity contribution in [1.82, 2.24) is 14.9 Å². The molecular weight excluding hydrogens is 420 g/mol. The van der Waals surface area contributed by atoms with Gasteiger partial charge in [-0.25, -0.2) is 4.98 Å². The highest BCUT2D eigenvalue weighted by Crippen LogP contribution is 2.26. The Bertz CT molecular complexity index is 1020. The molecule has 0 atom stereocenters. The Balaban J connectivity index is 1.24. The van der Waals surface area contributed by atoms with Crippen molar-refractivity contribution in [2.75, 3.05) is 32.1 Å². The second kappa shape index (κ2) is 11.0. The van der Waals surface area contributed by atoms with Crippen LogP contribution >= 0.6 is 11.3 Å². The summed E-state index contributed by atoms with van der Waals surface area (Å²) in [5.41, 5.74) is 3.22. The van der Waals surface area contributed by atoms with Gasteiger partial charge in [-0.1, -0.05) is 24.3 Å². The molecule has 0 saturated heterocycles. The van der Waals surface area contributed by atoms with E-state index in [2.05, 4.69) is 27.4 Å². The summed E-state index contributed by atoms with van der Waals surface area (Å²) in [5, 5.41) is 3.71. The number of aryl methyl sites for hydroxylation is 1. The fourth-order valence-corrected chi connectivity index (χ4v) is 4.69. The van der Waals surface area contributed by atoms with Crippen molar-refractivity contribution in [2.45, 2.75) is 25.7 Å². The SMILES string of the molecule is COc1ccc(CCC(=O)Nc2nc3c(s2)CCN(CC=Cc2ccccn2)CC3)cc1. The molecule has 0 aliphatic carbocycles. The van der Waals surface area contributed by atoms with Crippen molar-refractivity contribution in [3.63, 3.8) is 0 Å². The Morgan fingerprint density at radius 3 is 2.81 bits per heavy atom. The fourth-order valence-electron chi connectivity index (χ4n) is 3.67. The van der Waals surface area contributed by atoms with E-state index >= 15 is 0 Å². The van der Waals surface area contributed by atoms with Crippen LogP contribution < -0.4 is 10.1 Å². The zero-order chi connectivity index (χ0) is 22.2. The summed E-state index contributed by atoms with van der Waals surface area (Å²) in [6.07, 6.45) is 9.05. The van der Waals surface area contributed by atoms with Crippen LogP contribution in [0.2, 0.25) is 0 Å². The molecule has 32 heavy (non-hydrogen) atoms. The number of hydrogen-bond acceptors (Lipinski definition) is 6. The molecule has 6 nitrogen and oxygen atoms in total. The first-order chi connectivity index (χ1) is 15.7. The van der Waals surface area contributed by atoms with Crippen LogP contribution in [0, 0.1) is 0 Å². The van der Waals surface area contributed by atoms with Gasteiger partial charge in [0, 0.05) is 43.5 Å². The fraction of sp³-hybridized carbons (Fsp3) is 0.320. The zero-order valence-electron chi connectivity index (χ0n) is 18.3. The lowest BCUT2D eigenvalue weighted by atomic mass is 10.1. The van der Waals surface area contributed by atoms with Crippen molar-refractivity contribution in [1.29, 1.82) is 0 Å². The average Bonchev–Trinajstić information content (AvgIpc) is 3.11. The summed E-state index contributed by atoms with van der Waals surface area (Å²) in [6, 6.07) is 13.8. The Morgan fingerprint density at radius 1 is 1.19 bits per heavy atom. The van der Waals surface area contributed by atoms with Crippen LogP contribution in [0.15, 0.2) is 54.7 Å². The third kappa shape index (κ3) is 6.24. The number of methoxy groups -OCH3 is 1. The summed E-state index contributed by atoms with van der Waals surface area (Å²) in [7, 11) is 1.65. The van der Waals surface area contributed by atoms with Crippen LogP contribution in [0.3, 0.4) is 0 Å². The van der Waals surface area contributed by atoms with Crippen LogP contribution in [-0.4, -0.2) is 47.5 Å². The molecule has 0 fully saturated rings. The molecule has 3 heterocycles. The van der Waals surface area contributed by atoms with E-state index in [1.165, 1.54) is 4.88 Å². The second-order valence-corrected chi connectivity index (χ2v) is 8.83. The largest absolute Gasteiger partial charge is 0.497 e. The third-order valence-electron chi connectivity index (χ3n) is 5.48.